The standard InChI is InChI=1S/C28H29F3N4O/c29-21-6-5-19-14-34(33-24(19)13-21)18-28-15-27(16-28,17-28)8-3-1-2-4-26(36)35-25(7-9-32-35)20-10-22(30)12-23(31)11-20/h5-6,9-14,25H,1-4,7-8,15-18H2. The molecule has 1 aliphatic heterocycles. The third-order valence-electron chi connectivity index (χ3n) is 8.22. The molecule has 7 rings (SSSR count). The molecule has 188 valence electrons. The summed E-state index contributed by atoms with van der Waals surface area (Å²) in [5.41, 5.74) is 1.94. The topological polar surface area (TPSA) is 50.5 Å². The lowest BCUT2D eigenvalue weighted by atomic mass is 9.34. The molecule has 3 aromatic rings. The minimum atomic E-state index is -0.645. The Morgan fingerprint density at radius 2 is 1.72 bits per heavy atom. The number of nitrogens with zero attached hydrogens (tertiary/aromatic N) is 4. The number of fused-ring (bicyclic) bond motifs is 1. The fraction of sp³-hybridized carbons (Fsp3) is 0.464. The van der Waals surface area contributed by atoms with Gasteiger partial charge in [0.15, 0.2) is 0 Å². The van der Waals surface area contributed by atoms with Crippen LogP contribution < -0.4 is 0 Å². The minimum absolute atomic E-state index is 0.102. The molecule has 5 nitrogen and oxygen atoms in total. The number of aromatic nitrogens is 2. The summed E-state index contributed by atoms with van der Waals surface area (Å²) in [6.07, 6.45) is 12.2. The first-order valence-corrected chi connectivity index (χ1v) is 12.8. The van der Waals surface area contributed by atoms with Gasteiger partial charge in [-0.3, -0.25) is 9.48 Å². The van der Waals surface area contributed by atoms with Crippen molar-refractivity contribution in [1.82, 2.24) is 14.8 Å². The highest BCUT2D eigenvalue weighted by Crippen LogP contribution is 2.75. The maximum absolute atomic E-state index is 13.6. The summed E-state index contributed by atoms with van der Waals surface area (Å²) in [5, 5.41) is 11.1. The SMILES string of the molecule is O=C(CCCCCC12CC(Cn3cc4ccc(F)cc4n3)(C1)C2)N1N=CCC1c1cc(F)cc(F)c1. The Balaban J connectivity index is 0.927. The van der Waals surface area contributed by atoms with Gasteiger partial charge in [0.05, 0.1) is 11.6 Å². The molecule has 2 heterocycles. The molecule has 36 heavy (non-hydrogen) atoms. The van der Waals surface area contributed by atoms with Crippen molar-refractivity contribution in [2.75, 3.05) is 0 Å². The number of carbonyl (C=O) groups is 1. The molecule has 2 aromatic carbocycles. The van der Waals surface area contributed by atoms with Crippen molar-refractivity contribution in [2.45, 2.75) is 70.4 Å². The Labute approximate surface area is 208 Å². The van der Waals surface area contributed by atoms with Crippen LogP contribution in [0, 0.1) is 28.3 Å². The fourth-order valence-corrected chi connectivity index (χ4v) is 6.89. The van der Waals surface area contributed by atoms with Crippen molar-refractivity contribution >= 4 is 23.0 Å². The van der Waals surface area contributed by atoms with E-state index >= 15 is 0 Å². The molecule has 0 radical (unpaired) electrons. The van der Waals surface area contributed by atoms with Gasteiger partial charge in [0, 0.05) is 49.3 Å². The average molecular weight is 495 g/mol. The van der Waals surface area contributed by atoms with Crippen LogP contribution in [0.15, 0.2) is 47.7 Å². The van der Waals surface area contributed by atoms with E-state index in [4.69, 9.17) is 0 Å². The Morgan fingerprint density at radius 3 is 2.50 bits per heavy atom. The van der Waals surface area contributed by atoms with Crippen molar-refractivity contribution in [2.24, 2.45) is 15.9 Å². The van der Waals surface area contributed by atoms with Gasteiger partial charge in [-0.2, -0.15) is 10.2 Å². The number of carbonyl (C=O) groups excluding carboxylic acids is 1. The van der Waals surface area contributed by atoms with Crippen LogP contribution in [0.2, 0.25) is 0 Å². The maximum atomic E-state index is 13.6. The first-order valence-electron chi connectivity index (χ1n) is 12.8. The number of halogens is 3. The average Bonchev–Trinajstić information content (AvgIpc) is 3.42. The summed E-state index contributed by atoms with van der Waals surface area (Å²) in [6, 6.07) is 7.67. The smallest absolute Gasteiger partial charge is 0.243 e. The molecule has 3 saturated carbocycles. The van der Waals surface area contributed by atoms with Gasteiger partial charge in [-0.05, 0) is 72.8 Å². The summed E-state index contributed by atoms with van der Waals surface area (Å²) in [5.74, 6) is -1.65. The molecule has 1 amide bonds. The van der Waals surface area contributed by atoms with Crippen molar-refractivity contribution < 1.29 is 18.0 Å². The number of amides is 1. The Morgan fingerprint density at radius 1 is 0.944 bits per heavy atom. The lowest BCUT2D eigenvalue weighted by molar-refractivity contribution is -0.217. The largest absolute Gasteiger partial charge is 0.273 e. The molecule has 3 aliphatic carbocycles. The van der Waals surface area contributed by atoms with Crippen LogP contribution in [-0.4, -0.2) is 26.9 Å². The van der Waals surface area contributed by atoms with Gasteiger partial charge in [0.1, 0.15) is 17.5 Å². The van der Waals surface area contributed by atoms with E-state index in [-0.39, 0.29) is 11.7 Å². The van der Waals surface area contributed by atoms with Crippen LogP contribution in [0.4, 0.5) is 13.2 Å². The van der Waals surface area contributed by atoms with Crippen LogP contribution in [0.3, 0.4) is 0 Å². The second-order valence-corrected chi connectivity index (χ2v) is 11.1. The Bertz CT molecular complexity index is 1310. The second-order valence-electron chi connectivity index (χ2n) is 11.1. The van der Waals surface area contributed by atoms with Crippen LogP contribution in [0.1, 0.15) is 69.4 Å². The van der Waals surface area contributed by atoms with Gasteiger partial charge in [0.2, 0.25) is 5.91 Å². The zero-order valence-electron chi connectivity index (χ0n) is 20.1. The molecular formula is C28H29F3N4O. The number of hydrogen-bond donors (Lipinski definition) is 0. The van der Waals surface area contributed by atoms with Crippen molar-refractivity contribution in [3.8, 4) is 0 Å². The summed E-state index contributed by atoms with van der Waals surface area (Å²) < 4.78 is 42.6. The van der Waals surface area contributed by atoms with Gasteiger partial charge in [-0.15, -0.1) is 0 Å². The molecule has 1 aromatic heterocycles. The third-order valence-corrected chi connectivity index (χ3v) is 8.22. The molecule has 4 aliphatic rings. The zero-order chi connectivity index (χ0) is 24.9. The first kappa shape index (κ1) is 23.3. The maximum Gasteiger partial charge on any atom is 0.243 e. The summed E-state index contributed by atoms with van der Waals surface area (Å²) in [6.45, 7) is 0.895. The number of unbranched alkanes of at least 4 members (excludes halogenated alkanes) is 2. The number of hydrogen-bond acceptors (Lipinski definition) is 3. The van der Waals surface area contributed by atoms with Gasteiger partial charge in [-0.25, -0.2) is 18.2 Å². The van der Waals surface area contributed by atoms with Gasteiger partial charge >= 0.3 is 0 Å². The van der Waals surface area contributed by atoms with Crippen LogP contribution in [-0.2, 0) is 11.3 Å². The van der Waals surface area contributed by atoms with Crippen molar-refractivity contribution in [3.63, 3.8) is 0 Å². The van der Waals surface area contributed by atoms with E-state index in [0.717, 1.165) is 37.3 Å². The Kier molecular flexibility index (Phi) is 5.65. The van der Waals surface area contributed by atoms with E-state index in [2.05, 4.69) is 10.2 Å². The molecule has 3 fully saturated rings. The molecular weight excluding hydrogens is 465 g/mol. The number of rotatable bonds is 9. The lowest BCUT2D eigenvalue weighted by Crippen LogP contribution is -2.63. The summed E-state index contributed by atoms with van der Waals surface area (Å²) in [4.78, 5) is 12.7. The predicted octanol–water partition coefficient (Wildman–Crippen LogP) is 6.53. The highest BCUT2D eigenvalue weighted by molar-refractivity contribution is 5.80. The fourth-order valence-electron chi connectivity index (χ4n) is 6.89. The van der Waals surface area contributed by atoms with Crippen LogP contribution in [0.5, 0.6) is 0 Å². The minimum Gasteiger partial charge on any atom is -0.273 e. The van der Waals surface area contributed by atoms with E-state index in [1.807, 2.05) is 10.9 Å². The van der Waals surface area contributed by atoms with E-state index in [9.17, 15) is 18.0 Å². The number of benzene rings is 2. The van der Waals surface area contributed by atoms with E-state index in [1.165, 1.54) is 55.0 Å². The van der Waals surface area contributed by atoms with E-state index < -0.39 is 17.7 Å². The number of hydrazone groups is 1. The normalized spacial score (nSPS) is 26.3. The molecule has 2 bridgehead atoms. The molecule has 0 N–H and O–H groups in total. The second kappa shape index (κ2) is 8.75. The van der Waals surface area contributed by atoms with E-state index in [1.54, 1.807) is 12.3 Å². The highest BCUT2D eigenvalue weighted by Gasteiger charge is 2.66. The van der Waals surface area contributed by atoms with Gasteiger partial charge < -0.3 is 0 Å². The summed E-state index contributed by atoms with van der Waals surface area (Å²) in [7, 11) is 0. The van der Waals surface area contributed by atoms with Crippen molar-refractivity contribution in [1.29, 1.82) is 0 Å². The van der Waals surface area contributed by atoms with Gasteiger partial charge in [0.25, 0.3) is 0 Å². The first-order chi connectivity index (χ1) is 17.3. The molecule has 8 heteroatoms. The molecule has 0 saturated heterocycles. The van der Waals surface area contributed by atoms with Gasteiger partial charge in [-0.1, -0.05) is 12.8 Å². The Hall–Kier alpha value is -3.16. The van der Waals surface area contributed by atoms with E-state index in [0.29, 0.717) is 34.8 Å². The third kappa shape index (κ3) is 4.31. The monoisotopic (exact) mass is 494 g/mol. The van der Waals surface area contributed by atoms with Crippen LogP contribution >= 0.6 is 0 Å². The summed E-state index contributed by atoms with van der Waals surface area (Å²) >= 11 is 0. The van der Waals surface area contributed by atoms with Crippen LogP contribution in [0.25, 0.3) is 10.9 Å². The predicted molar refractivity (Wildman–Crippen MR) is 131 cm³/mol. The molecule has 1 unspecified atom stereocenters. The molecule has 0 spiro atoms. The zero-order valence-corrected chi connectivity index (χ0v) is 20.1. The van der Waals surface area contributed by atoms with Crippen molar-refractivity contribution in [3.05, 3.63) is 65.6 Å². The quantitative estimate of drug-likeness (QED) is 0.318. The molecule has 1 atom stereocenters. The lowest BCUT2D eigenvalue weighted by Gasteiger charge is -2.71. The highest BCUT2D eigenvalue weighted by atomic mass is 19.1.